The fourth-order valence-corrected chi connectivity index (χ4v) is 3.53. The minimum Gasteiger partial charge on any atom is -0.506 e. The topological polar surface area (TPSA) is 54.3 Å². The minimum atomic E-state index is 0. The maximum atomic E-state index is 10.1. The van der Waals surface area contributed by atoms with E-state index in [1.807, 2.05) is 25.2 Å². The third-order valence-corrected chi connectivity index (χ3v) is 4.99. The Morgan fingerprint density at radius 1 is 1.00 bits per heavy atom. The van der Waals surface area contributed by atoms with Crippen molar-refractivity contribution in [3.05, 3.63) is 59.7 Å². The Morgan fingerprint density at radius 2 is 1.62 bits per heavy atom. The van der Waals surface area contributed by atoms with E-state index in [0.29, 0.717) is 5.75 Å². The summed E-state index contributed by atoms with van der Waals surface area (Å²) in [7, 11) is 5.99. The van der Waals surface area contributed by atoms with Crippen LogP contribution in [0.4, 0.5) is 5.69 Å². The number of guanidine groups is 1. The summed E-state index contributed by atoms with van der Waals surface area (Å²) in [5.74, 6) is 1.27. The number of hydrogen-bond donors (Lipinski definition) is 2. The molecule has 158 valence electrons. The summed E-state index contributed by atoms with van der Waals surface area (Å²) < 4.78 is 0. The molecule has 0 aromatic heterocycles. The lowest BCUT2D eigenvalue weighted by molar-refractivity contribution is 0.369. The predicted molar refractivity (Wildman–Crippen MR) is 131 cm³/mol. The minimum absolute atomic E-state index is 0. The Labute approximate surface area is 191 Å². The number of benzene rings is 2. The van der Waals surface area contributed by atoms with E-state index in [4.69, 9.17) is 0 Å². The number of phenols is 1. The number of rotatable bonds is 5. The van der Waals surface area contributed by atoms with Gasteiger partial charge in [-0.25, -0.2) is 0 Å². The van der Waals surface area contributed by atoms with Crippen LogP contribution in [-0.4, -0.2) is 68.2 Å². The second-order valence-electron chi connectivity index (χ2n) is 7.42. The first-order valence-electron chi connectivity index (χ1n) is 9.78. The Hall–Kier alpha value is -2.00. The SMILES string of the molecule is CN=C(NCc1ccc(CN(C)C)cc1)N1CCN(c2ccccc2O)CC1.I. The zero-order chi connectivity index (χ0) is 19.9. The van der Waals surface area contributed by atoms with Crippen LogP contribution in [-0.2, 0) is 13.1 Å². The zero-order valence-electron chi connectivity index (χ0n) is 17.5. The molecule has 1 heterocycles. The monoisotopic (exact) mass is 509 g/mol. The summed E-state index contributed by atoms with van der Waals surface area (Å²) >= 11 is 0. The molecule has 2 aromatic rings. The van der Waals surface area contributed by atoms with Crippen molar-refractivity contribution in [2.45, 2.75) is 13.1 Å². The van der Waals surface area contributed by atoms with E-state index < -0.39 is 0 Å². The van der Waals surface area contributed by atoms with Crippen LogP contribution in [0.1, 0.15) is 11.1 Å². The molecule has 7 heteroatoms. The van der Waals surface area contributed by atoms with E-state index in [1.165, 1.54) is 11.1 Å². The number of hydrogen-bond acceptors (Lipinski definition) is 4. The number of para-hydroxylation sites is 2. The highest BCUT2D eigenvalue weighted by molar-refractivity contribution is 14.0. The molecule has 2 N–H and O–H groups in total. The van der Waals surface area contributed by atoms with Crippen molar-refractivity contribution in [1.29, 1.82) is 0 Å². The number of piperazine rings is 1. The van der Waals surface area contributed by atoms with Gasteiger partial charge in [-0.1, -0.05) is 36.4 Å². The standard InChI is InChI=1S/C22H31N5O.HI/c1-23-22(24-16-18-8-10-19(11-9-18)17-25(2)3)27-14-12-26(13-15-27)20-6-4-5-7-21(20)28;/h4-11,28H,12-17H2,1-3H3,(H,23,24);1H. The molecule has 0 unspecified atom stereocenters. The van der Waals surface area contributed by atoms with Crippen LogP contribution in [0.3, 0.4) is 0 Å². The first-order valence-corrected chi connectivity index (χ1v) is 9.78. The van der Waals surface area contributed by atoms with Crippen molar-refractivity contribution < 1.29 is 5.11 Å². The van der Waals surface area contributed by atoms with Gasteiger partial charge in [-0.2, -0.15) is 0 Å². The molecule has 1 aliphatic rings. The molecule has 0 spiro atoms. The molecule has 0 aliphatic carbocycles. The first kappa shape index (κ1) is 23.3. The van der Waals surface area contributed by atoms with Crippen molar-refractivity contribution in [3.63, 3.8) is 0 Å². The number of anilines is 1. The molecule has 0 radical (unpaired) electrons. The average molecular weight is 509 g/mol. The van der Waals surface area contributed by atoms with Crippen molar-refractivity contribution in [1.82, 2.24) is 15.1 Å². The number of phenolic OH excluding ortho intramolecular Hbond substituents is 1. The van der Waals surface area contributed by atoms with Gasteiger partial charge in [-0.3, -0.25) is 4.99 Å². The molecule has 3 rings (SSSR count). The fourth-order valence-electron chi connectivity index (χ4n) is 3.53. The van der Waals surface area contributed by atoms with Crippen molar-refractivity contribution >= 4 is 35.6 Å². The largest absolute Gasteiger partial charge is 0.506 e. The maximum Gasteiger partial charge on any atom is 0.194 e. The fraction of sp³-hybridized carbons (Fsp3) is 0.409. The molecule has 0 amide bonds. The molecular formula is C22H32IN5O. The van der Waals surface area contributed by atoms with Crippen molar-refractivity contribution in [2.75, 3.05) is 52.2 Å². The van der Waals surface area contributed by atoms with Crippen LogP contribution in [0.15, 0.2) is 53.5 Å². The normalized spacial score (nSPS) is 14.7. The smallest absolute Gasteiger partial charge is 0.194 e. The molecule has 0 bridgehead atoms. The van der Waals surface area contributed by atoms with Crippen LogP contribution in [0.5, 0.6) is 5.75 Å². The van der Waals surface area contributed by atoms with E-state index in [1.54, 1.807) is 6.07 Å². The van der Waals surface area contributed by atoms with Gasteiger partial charge in [0.1, 0.15) is 5.75 Å². The van der Waals surface area contributed by atoms with Crippen LogP contribution < -0.4 is 10.2 Å². The molecular weight excluding hydrogens is 477 g/mol. The Balaban J connectivity index is 0.00000300. The van der Waals surface area contributed by atoms with Gasteiger partial charge in [0.05, 0.1) is 5.69 Å². The van der Waals surface area contributed by atoms with Gasteiger partial charge < -0.3 is 25.1 Å². The highest BCUT2D eigenvalue weighted by Crippen LogP contribution is 2.27. The average Bonchev–Trinajstić information content (AvgIpc) is 2.70. The van der Waals surface area contributed by atoms with E-state index >= 15 is 0 Å². The molecule has 6 nitrogen and oxygen atoms in total. The van der Waals surface area contributed by atoms with E-state index in [0.717, 1.165) is 50.9 Å². The maximum absolute atomic E-state index is 10.1. The van der Waals surface area contributed by atoms with Crippen LogP contribution in [0, 0.1) is 0 Å². The zero-order valence-corrected chi connectivity index (χ0v) is 19.8. The molecule has 1 fully saturated rings. The van der Waals surface area contributed by atoms with E-state index in [-0.39, 0.29) is 24.0 Å². The lowest BCUT2D eigenvalue weighted by atomic mass is 10.1. The van der Waals surface area contributed by atoms with Crippen LogP contribution in [0.2, 0.25) is 0 Å². The van der Waals surface area contributed by atoms with Gasteiger partial charge in [0.2, 0.25) is 0 Å². The molecule has 0 atom stereocenters. The van der Waals surface area contributed by atoms with E-state index in [2.05, 4.69) is 63.4 Å². The molecule has 29 heavy (non-hydrogen) atoms. The van der Waals surface area contributed by atoms with Crippen LogP contribution in [0.25, 0.3) is 0 Å². The van der Waals surface area contributed by atoms with Gasteiger partial charge in [0.25, 0.3) is 0 Å². The highest BCUT2D eigenvalue weighted by Gasteiger charge is 2.21. The van der Waals surface area contributed by atoms with Gasteiger partial charge in [-0.05, 0) is 37.4 Å². The summed E-state index contributed by atoms with van der Waals surface area (Å²) in [5.41, 5.74) is 3.47. The summed E-state index contributed by atoms with van der Waals surface area (Å²) in [6.07, 6.45) is 0. The van der Waals surface area contributed by atoms with Crippen molar-refractivity contribution in [2.24, 2.45) is 4.99 Å². The Bertz CT molecular complexity index is 786. The summed E-state index contributed by atoms with van der Waals surface area (Å²) in [5, 5.41) is 13.5. The Kier molecular flexibility index (Phi) is 9.03. The van der Waals surface area contributed by atoms with Gasteiger partial charge in [-0.15, -0.1) is 24.0 Å². The van der Waals surface area contributed by atoms with Gasteiger partial charge >= 0.3 is 0 Å². The number of nitrogens with one attached hydrogen (secondary N) is 1. The second kappa shape index (κ2) is 11.3. The quantitative estimate of drug-likeness (QED) is 0.369. The van der Waals surface area contributed by atoms with Gasteiger partial charge in [0, 0.05) is 46.3 Å². The molecule has 1 aliphatic heterocycles. The summed E-state index contributed by atoms with van der Waals surface area (Å²) in [6, 6.07) is 16.3. The predicted octanol–water partition coefficient (Wildman–Crippen LogP) is 2.97. The summed E-state index contributed by atoms with van der Waals surface area (Å²) in [6.45, 7) is 5.17. The molecule has 1 saturated heterocycles. The third kappa shape index (κ3) is 6.50. The van der Waals surface area contributed by atoms with E-state index in [9.17, 15) is 5.11 Å². The summed E-state index contributed by atoms with van der Waals surface area (Å²) in [4.78, 5) is 11.1. The number of aromatic hydroxyl groups is 1. The van der Waals surface area contributed by atoms with Crippen molar-refractivity contribution in [3.8, 4) is 5.75 Å². The number of nitrogens with zero attached hydrogens (tertiary/aromatic N) is 4. The third-order valence-electron chi connectivity index (χ3n) is 4.99. The Morgan fingerprint density at radius 3 is 2.21 bits per heavy atom. The van der Waals surface area contributed by atoms with Gasteiger partial charge in [0.15, 0.2) is 5.96 Å². The molecule has 2 aromatic carbocycles. The lowest BCUT2D eigenvalue weighted by Crippen LogP contribution is -2.52. The number of aliphatic imine (C=N–C) groups is 1. The molecule has 0 saturated carbocycles. The number of halogens is 1. The highest BCUT2D eigenvalue weighted by atomic mass is 127. The second-order valence-corrected chi connectivity index (χ2v) is 7.42. The lowest BCUT2D eigenvalue weighted by Gasteiger charge is -2.37. The van der Waals surface area contributed by atoms with Crippen LogP contribution >= 0.6 is 24.0 Å². The first-order chi connectivity index (χ1) is 13.6.